The van der Waals surface area contributed by atoms with Crippen LogP contribution in [0.15, 0.2) is 21.8 Å². The van der Waals surface area contributed by atoms with Crippen molar-refractivity contribution in [2.24, 2.45) is 10.4 Å². The third-order valence-corrected chi connectivity index (χ3v) is 3.19. The van der Waals surface area contributed by atoms with Gasteiger partial charge >= 0.3 is 0 Å². The van der Waals surface area contributed by atoms with Crippen LogP contribution >= 0.6 is 24.0 Å². The van der Waals surface area contributed by atoms with E-state index < -0.39 is 0 Å². The molecule has 0 aromatic carbocycles. The number of hydrogen-bond acceptors (Lipinski definition) is 3. The molecule has 1 aromatic rings. The van der Waals surface area contributed by atoms with E-state index >= 15 is 0 Å². The van der Waals surface area contributed by atoms with Gasteiger partial charge in [-0.15, -0.1) is 24.0 Å². The van der Waals surface area contributed by atoms with Gasteiger partial charge in [-0.2, -0.15) is 0 Å². The monoisotopic (exact) mass is 378 g/mol. The van der Waals surface area contributed by atoms with Crippen LogP contribution in [0.5, 0.6) is 0 Å². The average molecular weight is 378 g/mol. The zero-order valence-electron chi connectivity index (χ0n) is 11.8. The molecule has 2 heterocycles. The normalized spacial score (nSPS) is 18.3. The average Bonchev–Trinajstić information content (AvgIpc) is 2.93. The minimum absolute atomic E-state index is 0. The van der Waals surface area contributed by atoms with Crippen LogP contribution in [0.25, 0.3) is 0 Å². The number of aliphatic imine (C=N–C) groups is 1. The summed E-state index contributed by atoms with van der Waals surface area (Å²) in [4.78, 5) is 6.94. The molecule has 2 rings (SSSR count). The van der Waals surface area contributed by atoms with Crippen LogP contribution in [0.2, 0.25) is 0 Å². The maximum Gasteiger partial charge on any atom is 0.194 e. The highest BCUT2D eigenvalue weighted by molar-refractivity contribution is 14.0. The quantitative estimate of drug-likeness (QED) is 0.499. The standard InChI is InChI=1S/C13H22N4O.HI/c1-4-14-12(15-9-11-5-8-18-16-11)17-7-6-13(2,3)10-17;/h5,8H,4,6-7,9-10H2,1-3H3,(H,14,15);1H. The van der Waals surface area contributed by atoms with E-state index in [4.69, 9.17) is 4.52 Å². The van der Waals surface area contributed by atoms with E-state index in [1.165, 1.54) is 6.42 Å². The van der Waals surface area contributed by atoms with Crippen molar-refractivity contribution in [2.45, 2.75) is 33.7 Å². The van der Waals surface area contributed by atoms with E-state index in [0.29, 0.717) is 12.0 Å². The van der Waals surface area contributed by atoms with Crippen LogP contribution in [0.1, 0.15) is 32.9 Å². The molecule has 1 aliphatic heterocycles. The van der Waals surface area contributed by atoms with Gasteiger partial charge in [-0.05, 0) is 18.8 Å². The maximum absolute atomic E-state index is 4.81. The Balaban J connectivity index is 0.00000180. The number of guanidine groups is 1. The van der Waals surface area contributed by atoms with Crippen LogP contribution in [-0.4, -0.2) is 35.7 Å². The Morgan fingerprint density at radius 1 is 1.58 bits per heavy atom. The molecule has 1 fully saturated rings. The summed E-state index contributed by atoms with van der Waals surface area (Å²) >= 11 is 0. The first-order chi connectivity index (χ1) is 8.61. The van der Waals surface area contributed by atoms with Crippen LogP contribution < -0.4 is 5.32 Å². The van der Waals surface area contributed by atoms with Gasteiger partial charge < -0.3 is 14.7 Å². The molecule has 1 aromatic heterocycles. The van der Waals surface area contributed by atoms with E-state index in [1.54, 1.807) is 6.26 Å². The fourth-order valence-corrected chi connectivity index (χ4v) is 2.19. The summed E-state index contributed by atoms with van der Waals surface area (Å²) in [6, 6.07) is 1.85. The van der Waals surface area contributed by atoms with Crippen LogP contribution in [-0.2, 0) is 6.54 Å². The highest BCUT2D eigenvalue weighted by atomic mass is 127. The zero-order valence-corrected chi connectivity index (χ0v) is 14.2. The molecule has 0 amide bonds. The molecule has 6 heteroatoms. The van der Waals surface area contributed by atoms with Gasteiger partial charge in [0.05, 0.1) is 6.54 Å². The molecule has 0 bridgehead atoms. The van der Waals surface area contributed by atoms with Crippen molar-refractivity contribution in [3.63, 3.8) is 0 Å². The fourth-order valence-electron chi connectivity index (χ4n) is 2.19. The van der Waals surface area contributed by atoms with Crippen LogP contribution in [0.3, 0.4) is 0 Å². The van der Waals surface area contributed by atoms with Crippen molar-refractivity contribution in [3.05, 3.63) is 18.0 Å². The summed E-state index contributed by atoms with van der Waals surface area (Å²) in [5.74, 6) is 0.978. The minimum Gasteiger partial charge on any atom is -0.364 e. The summed E-state index contributed by atoms with van der Waals surface area (Å²) in [7, 11) is 0. The van der Waals surface area contributed by atoms with Gasteiger partial charge in [0.2, 0.25) is 0 Å². The van der Waals surface area contributed by atoms with Crippen LogP contribution in [0, 0.1) is 5.41 Å². The first-order valence-corrected chi connectivity index (χ1v) is 6.53. The highest BCUT2D eigenvalue weighted by Crippen LogP contribution is 2.28. The Kier molecular flexibility index (Phi) is 6.09. The lowest BCUT2D eigenvalue weighted by atomic mass is 9.93. The number of likely N-dealkylation sites (tertiary alicyclic amines) is 1. The summed E-state index contributed by atoms with van der Waals surface area (Å²) in [6.07, 6.45) is 2.79. The number of rotatable bonds is 3. The molecular weight excluding hydrogens is 355 g/mol. The topological polar surface area (TPSA) is 53.7 Å². The van der Waals surface area contributed by atoms with Gasteiger partial charge in [0, 0.05) is 25.7 Å². The largest absolute Gasteiger partial charge is 0.364 e. The van der Waals surface area contributed by atoms with Gasteiger partial charge in [-0.3, -0.25) is 0 Å². The summed E-state index contributed by atoms with van der Waals surface area (Å²) in [5.41, 5.74) is 1.24. The second-order valence-electron chi connectivity index (χ2n) is 5.50. The second-order valence-corrected chi connectivity index (χ2v) is 5.50. The van der Waals surface area contributed by atoms with E-state index in [-0.39, 0.29) is 24.0 Å². The first-order valence-electron chi connectivity index (χ1n) is 6.53. The number of nitrogens with one attached hydrogen (secondary N) is 1. The molecule has 19 heavy (non-hydrogen) atoms. The molecule has 108 valence electrons. The predicted molar refractivity (Wildman–Crippen MR) is 86.7 cm³/mol. The molecule has 5 nitrogen and oxygen atoms in total. The molecule has 0 radical (unpaired) electrons. The Hall–Kier alpha value is -0.790. The van der Waals surface area contributed by atoms with Gasteiger partial charge in [-0.25, -0.2) is 4.99 Å². The third-order valence-electron chi connectivity index (χ3n) is 3.19. The molecule has 0 aliphatic carbocycles. The number of hydrogen-bond donors (Lipinski definition) is 1. The Labute approximate surface area is 131 Å². The number of halogens is 1. The molecule has 1 aliphatic rings. The molecule has 0 unspecified atom stereocenters. The lowest BCUT2D eigenvalue weighted by Crippen LogP contribution is -2.40. The van der Waals surface area contributed by atoms with E-state index in [0.717, 1.165) is 31.3 Å². The predicted octanol–water partition coefficient (Wildman–Crippen LogP) is 2.49. The lowest BCUT2D eigenvalue weighted by Gasteiger charge is -2.23. The van der Waals surface area contributed by atoms with Gasteiger partial charge in [0.25, 0.3) is 0 Å². The molecule has 1 saturated heterocycles. The SMILES string of the molecule is CCNC(=NCc1ccon1)N1CCC(C)(C)C1.I. The Morgan fingerprint density at radius 2 is 2.37 bits per heavy atom. The fraction of sp³-hybridized carbons (Fsp3) is 0.692. The Morgan fingerprint density at radius 3 is 2.89 bits per heavy atom. The summed E-state index contributed by atoms with van der Waals surface area (Å²) in [5, 5.41) is 7.22. The van der Waals surface area contributed by atoms with Crippen molar-refractivity contribution >= 4 is 29.9 Å². The number of nitrogens with zero attached hydrogens (tertiary/aromatic N) is 3. The number of aromatic nitrogens is 1. The molecule has 0 spiro atoms. The van der Waals surface area contributed by atoms with Crippen molar-refractivity contribution in [2.75, 3.05) is 19.6 Å². The van der Waals surface area contributed by atoms with E-state index in [2.05, 4.69) is 41.1 Å². The third kappa shape index (κ3) is 4.67. The maximum atomic E-state index is 4.81. The van der Waals surface area contributed by atoms with Gasteiger partial charge in [-0.1, -0.05) is 19.0 Å². The molecule has 0 atom stereocenters. The van der Waals surface area contributed by atoms with E-state index in [9.17, 15) is 0 Å². The second kappa shape index (κ2) is 7.12. The summed E-state index contributed by atoms with van der Waals surface area (Å²) < 4.78 is 4.81. The first kappa shape index (κ1) is 16.3. The zero-order chi connectivity index (χ0) is 13.0. The van der Waals surface area contributed by atoms with E-state index in [1.807, 2.05) is 6.07 Å². The van der Waals surface area contributed by atoms with Crippen molar-refractivity contribution in [1.29, 1.82) is 0 Å². The summed E-state index contributed by atoms with van der Waals surface area (Å²) in [6.45, 7) is 10.3. The van der Waals surface area contributed by atoms with Gasteiger partial charge in [0.1, 0.15) is 12.0 Å². The Bertz CT molecular complexity index is 403. The highest BCUT2D eigenvalue weighted by Gasteiger charge is 2.30. The van der Waals surface area contributed by atoms with Crippen LogP contribution in [0.4, 0.5) is 0 Å². The van der Waals surface area contributed by atoms with Crippen molar-refractivity contribution in [3.8, 4) is 0 Å². The lowest BCUT2D eigenvalue weighted by molar-refractivity contribution is 0.370. The minimum atomic E-state index is 0. The van der Waals surface area contributed by atoms with Crippen molar-refractivity contribution in [1.82, 2.24) is 15.4 Å². The molecule has 1 N–H and O–H groups in total. The molecule has 0 saturated carbocycles. The smallest absolute Gasteiger partial charge is 0.194 e. The molecular formula is C13H23IN4O. The van der Waals surface area contributed by atoms with Crippen molar-refractivity contribution < 1.29 is 4.52 Å². The van der Waals surface area contributed by atoms with Gasteiger partial charge in [0.15, 0.2) is 5.96 Å².